The molecule has 0 aromatic heterocycles. The van der Waals surface area contributed by atoms with E-state index in [4.69, 9.17) is 4.74 Å². The molecule has 0 aromatic rings. The minimum absolute atomic E-state index is 0.252. The van der Waals surface area contributed by atoms with Crippen molar-refractivity contribution in [1.82, 2.24) is 4.90 Å². The smallest absolute Gasteiger partial charge is 0.445 e. The lowest BCUT2D eigenvalue weighted by Gasteiger charge is -2.25. The van der Waals surface area contributed by atoms with Gasteiger partial charge in [-0.25, -0.2) is 4.79 Å². The molecule has 8 heteroatoms. The Kier molecular flexibility index (Phi) is 4.97. The number of carbonyl (C=O) groups excluding carboxylic acids is 2. The van der Waals surface area contributed by atoms with Crippen LogP contribution in [-0.2, 0) is 19.1 Å². The van der Waals surface area contributed by atoms with Crippen molar-refractivity contribution >= 4 is 11.9 Å². The zero-order valence-corrected chi connectivity index (χ0v) is 9.25. The first-order chi connectivity index (χ1) is 8.40. The van der Waals surface area contributed by atoms with Gasteiger partial charge in [-0.2, -0.15) is 13.2 Å². The Morgan fingerprint density at radius 3 is 2.44 bits per heavy atom. The molecule has 0 aromatic carbocycles. The number of ether oxygens (including phenoxy) is 2. The number of nitrogens with zero attached hydrogens (tertiary/aromatic N) is 1. The van der Waals surface area contributed by atoms with Gasteiger partial charge in [0.05, 0.1) is 13.2 Å². The van der Waals surface area contributed by atoms with E-state index in [9.17, 15) is 22.8 Å². The van der Waals surface area contributed by atoms with Gasteiger partial charge in [-0.3, -0.25) is 4.79 Å². The third-order valence-electron chi connectivity index (χ3n) is 1.98. The molecule has 1 rings (SSSR count). The SMILES string of the molecule is O=C(OCC#CC(F)(F)F)C(=O)N1CCOCC1. The maximum absolute atomic E-state index is 11.6. The Morgan fingerprint density at radius 1 is 1.28 bits per heavy atom. The van der Waals surface area contributed by atoms with E-state index in [-0.39, 0.29) is 13.1 Å². The van der Waals surface area contributed by atoms with Crippen LogP contribution < -0.4 is 0 Å². The average Bonchev–Trinajstić information content (AvgIpc) is 2.33. The van der Waals surface area contributed by atoms with E-state index in [1.165, 1.54) is 4.90 Å². The van der Waals surface area contributed by atoms with E-state index in [0.717, 1.165) is 5.92 Å². The lowest BCUT2D eigenvalue weighted by Crippen LogP contribution is -2.44. The van der Waals surface area contributed by atoms with Crippen molar-refractivity contribution in [3.05, 3.63) is 0 Å². The summed E-state index contributed by atoms with van der Waals surface area (Å²) in [6.07, 6.45) is -4.64. The van der Waals surface area contributed by atoms with Crippen LogP contribution in [-0.4, -0.2) is 55.9 Å². The third kappa shape index (κ3) is 5.05. The van der Waals surface area contributed by atoms with Crippen molar-refractivity contribution in [2.45, 2.75) is 6.18 Å². The summed E-state index contributed by atoms with van der Waals surface area (Å²) in [4.78, 5) is 23.8. The van der Waals surface area contributed by atoms with Crippen molar-refractivity contribution in [1.29, 1.82) is 0 Å². The van der Waals surface area contributed by atoms with Crippen molar-refractivity contribution in [3.8, 4) is 11.8 Å². The van der Waals surface area contributed by atoms with Gasteiger partial charge in [-0.15, -0.1) is 0 Å². The van der Waals surface area contributed by atoms with E-state index in [0.29, 0.717) is 13.2 Å². The monoisotopic (exact) mass is 265 g/mol. The summed E-state index contributed by atoms with van der Waals surface area (Å²) >= 11 is 0. The van der Waals surface area contributed by atoms with Crippen LogP contribution in [0.5, 0.6) is 0 Å². The van der Waals surface area contributed by atoms with Gasteiger partial charge in [0.1, 0.15) is 0 Å². The summed E-state index contributed by atoms with van der Waals surface area (Å²) in [5.74, 6) is 0.413. The number of halogens is 3. The van der Waals surface area contributed by atoms with Crippen LogP contribution in [0.4, 0.5) is 13.2 Å². The van der Waals surface area contributed by atoms with E-state index >= 15 is 0 Å². The number of rotatable bonds is 1. The van der Waals surface area contributed by atoms with Gasteiger partial charge >= 0.3 is 18.1 Å². The molecular formula is C10H10F3NO4. The minimum Gasteiger partial charge on any atom is -0.445 e. The summed E-state index contributed by atoms with van der Waals surface area (Å²) in [5, 5.41) is 0. The predicted molar refractivity (Wildman–Crippen MR) is 52.2 cm³/mol. The largest absolute Gasteiger partial charge is 0.457 e. The zero-order valence-electron chi connectivity index (χ0n) is 9.25. The topological polar surface area (TPSA) is 55.8 Å². The number of hydrogen-bond donors (Lipinski definition) is 0. The van der Waals surface area contributed by atoms with Gasteiger partial charge in [0.15, 0.2) is 6.61 Å². The first kappa shape index (κ1) is 14.3. The molecule has 18 heavy (non-hydrogen) atoms. The summed E-state index contributed by atoms with van der Waals surface area (Å²) in [7, 11) is 0. The second-order valence-electron chi connectivity index (χ2n) is 3.28. The second kappa shape index (κ2) is 6.26. The first-order valence-corrected chi connectivity index (χ1v) is 5.00. The second-order valence-corrected chi connectivity index (χ2v) is 3.28. The Bertz CT molecular complexity index is 377. The molecule has 0 unspecified atom stereocenters. The van der Waals surface area contributed by atoms with Crippen molar-refractivity contribution in [3.63, 3.8) is 0 Å². The Morgan fingerprint density at radius 2 is 1.89 bits per heavy atom. The normalized spacial score (nSPS) is 15.6. The van der Waals surface area contributed by atoms with Crippen molar-refractivity contribution in [2.24, 2.45) is 0 Å². The average molecular weight is 265 g/mol. The lowest BCUT2D eigenvalue weighted by atomic mass is 10.4. The highest BCUT2D eigenvalue weighted by Crippen LogP contribution is 2.11. The molecule has 1 saturated heterocycles. The Balaban J connectivity index is 2.35. The van der Waals surface area contributed by atoms with Crippen LogP contribution in [0.1, 0.15) is 0 Å². The number of amides is 1. The molecule has 0 atom stereocenters. The Labute approximate surface area is 101 Å². The van der Waals surface area contributed by atoms with E-state index < -0.39 is 24.7 Å². The summed E-state index contributed by atoms with van der Waals surface area (Å²) in [6.45, 7) is 0.360. The van der Waals surface area contributed by atoms with Gasteiger partial charge in [0.2, 0.25) is 0 Å². The number of alkyl halides is 3. The molecule has 0 N–H and O–H groups in total. The molecule has 1 fully saturated rings. The highest BCUT2D eigenvalue weighted by Gasteiger charge is 2.25. The molecule has 0 bridgehead atoms. The molecule has 100 valence electrons. The molecule has 0 spiro atoms. The maximum atomic E-state index is 11.6. The molecule has 0 aliphatic carbocycles. The van der Waals surface area contributed by atoms with Crippen LogP contribution in [0, 0.1) is 11.8 Å². The Hall–Kier alpha value is -1.75. The molecule has 1 heterocycles. The minimum atomic E-state index is -4.64. The van der Waals surface area contributed by atoms with Gasteiger partial charge in [-0.05, 0) is 0 Å². The lowest BCUT2D eigenvalue weighted by molar-refractivity contribution is -0.161. The van der Waals surface area contributed by atoms with Crippen LogP contribution in [0.25, 0.3) is 0 Å². The molecule has 5 nitrogen and oxygen atoms in total. The number of morpholine rings is 1. The van der Waals surface area contributed by atoms with Crippen LogP contribution >= 0.6 is 0 Å². The van der Waals surface area contributed by atoms with Gasteiger partial charge in [0.25, 0.3) is 0 Å². The number of carbonyl (C=O) groups is 2. The standard InChI is InChI=1S/C10H10F3NO4/c11-10(12,13)2-1-5-18-9(16)8(15)14-3-6-17-7-4-14/h3-7H2. The fourth-order valence-electron chi connectivity index (χ4n) is 1.20. The first-order valence-electron chi connectivity index (χ1n) is 5.00. The van der Waals surface area contributed by atoms with Crippen LogP contribution in [0.2, 0.25) is 0 Å². The number of esters is 1. The van der Waals surface area contributed by atoms with Gasteiger partial charge < -0.3 is 14.4 Å². The molecule has 0 saturated carbocycles. The third-order valence-corrected chi connectivity index (χ3v) is 1.98. The predicted octanol–water partition coefficient (Wildman–Crippen LogP) is -0.0459. The van der Waals surface area contributed by atoms with Crippen molar-refractivity contribution < 1.29 is 32.2 Å². The number of hydrogen-bond acceptors (Lipinski definition) is 4. The molecule has 1 amide bonds. The van der Waals surface area contributed by atoms with Gasteiger partial charge in [0, 0.05) is 19.0 Å². The molecular weight excluding hydrogens is 255 g/mol. The van der Waals surface area contributed by atoms with Crippen LogP contribution in [0.15, 0.2) is 0 Å². The summed E-state index contributed by atoms with van der Waals surface area (Å²) < 4.78 is 44.2. The summed E-state index contributed by atoms with van der Waals surface area (Å²) in [5.41, 5.74) is 0. The fraction of sp³-hybridized carbons (Fsp3) is 0.600. The van der Waals surface area contributed by atoms with E-state index in [1.54, 1.807) is 5.92 Å². The van der Waals surface area contributed by atoms with Gasteiger partial charge in [-0.1, -0.05) is 5.92 Å². The van der Waals surface area contributed by atoms with Crippen molar-refractivity contribution in [2.75, 3.05) is 32.9 Å². The highest BCUT2D eigenvalue weighted by molar-refractivity contribution is 6.32. The summed E-state index contributed by atoms with van der Waals surface area (Å²) in [6, 6.07) is 0. The van der Waals surface area contributed by atoms with Crippen LogP contribution in [0.3, 0.4) is 0 Å². The van der Waals surface area contributed by atoms with E-state index in [2.05, 4.69) is 4.74 Å². The zero-order chi connectivity index (χ0) is 13.6. The molecule has 1 aliphatic rings. The van der Waals surface area contributed by atoms with E-state index in [1.807, 2.05) is 0 Å². The quantitative estimate of drug-likeness (QED) is 0.379. The maximum Gasteiger partial charge on any atom is 0.457 e. The fourth-order valence-corrected chi connectivity index (χ4v) is 1.20. The molecule has 1 aliphatic heterocycles. The highest BCUT2D eigenvalue weighted by atomic mass is 19.4. The molecule has 0 radical (unpaired) electrons.